The Morgan fingerprint density at radius 1 is 1.47 bits per heavy atom. The summed E-state index contributed by atoms with van der Waals surface area (Å²) in [5.41, 5.74) is 4.45. The monoisotopic (exact) mass is 274 g/mol. The Morgan fingerprint density at radius 3 is 2.74 bits per heavy atom. The molecule has 0 saturated carbocycles. The number of pyridine rings is 1. The molecule has 2 rings (SSSR count). The summed E-state index contributed by atoms with van der Waals surface area (Å²) < 4.78 is 37.3. The Bertz CT molecular complexity index is 460. The molecule has 1 fully saturated rings. The first-order valence-corrected chi connectivity index (χ1v) is 5.69. The van der Waals surface area contributed by atoms with Crippen LogP contribution in [0.4, 0.5) is 19.0 Å². The van der Waals surface area contributed by atoms with Crippen molar-refractivity contribution >= 4 is 11.7 Å². The van der Waals surface area contributed by atoms with Crippen LogP contribution in [0.5, 0.6) is 0 Å². The molecule has 1 amide bonds. The van der Waals surface area contributed by atoms with Crippen LogP contribution in [0.2, 0.25) is 0 Å². The van der Waals surface area contributed by atoms with Crippen LogP contribution in [-0.4, -0.2) is 36.6 Å². The molecular weight excluding hydrogens is 261 g/mol. The lowest BCUT2D eigenvalue weighted by molar-refractivity contribution is -0.137. The zero-order valence-electron chi connectivity index (χ0n) is 9.94. The first kappa shape index (κ1) is 13.6. The van der Waals surface area contributed by atoms with Crippen molar-refractivity contribution in [3.8, 4) is 0 Å². The molecular formula is C11H13F3N4O. The fourth-order valence-electron chi connectivity index (χ4n) is 1.96. The van der Waals surface area contributed by atoms with Gasteiger partial charge in [0, 0.05) is 25.8 Å². The Kier molecular flexibility index (Phi) is 3.61. The largest absolute Gasteiger partial charge is 0.417 e. The average Bonchev–Trinajstić information content (AvgIpc) is 2.38. The molecule has 5 nitrogen and oxygen atoms in total. The number of nitrogens with zero attached hydrogens (tertiary/aromatic N) is 2. The number of hydrogen-bond donors (Lipinski definition) is 2. The highest BCUT2D eigenvalue weighted by Gasteiger charge is 2.32. The molecule has 0 bridgehead atoms. The summed E-state index contributed by atoms with van der Waals surface area (Å²) in [6.07, 6.45) is -3.66. The van der Waals surface area contributed by atoms with Gasteiger partial charge in [-0.15, -0.1) is 0 Å². The molecule has 1 unspecified atom stereocenters. The Labute approximate surface area is 107 Å². The van der Waals surface area contributed by atoms with Crippen LogP contribution >= 0.6 is 0 Å². The van der Waals surface area contributed by atoms with E-state index in [0.717, 1.165) is 12.3 Å². The molecule has 1 atom stereocenters. The number of piperazine rings is 1. The second kappa shape index (κ2) is 5.04. The van der Waals surface area contributed by atoms with Gasteiger partial charge in [0.15, 0.2) is 0 Å². The predicted octanol–water partition coefficient (Wildman–Crippen LogP) is 0.364. The van der Waals surface area contributed by atoms with Crippen LogP contribution < -0.4 is 16.0 Å². The van der Waals surface area contributed by atoms with E-state index < -0.39 is 23.7 Å². The first-order valence-electron chi connectivity index (χ1n) is 5.69. The average molecular weight is 274 g/mol. The molecule has 3 N–H and O–H groups in total. The van der Waals surface area contributed by atoms with Gasteiger partial charge in [-0.05, 0) is 12.1 Å². The van der Waals surface area contributed by atoms with Gasteiger partial charge in [-0.1, -0.05) is 0 Å². The van der Waals surface area contributed by atoms with Gasteiger partial charge >= 0.3 is 6.18 Å². The fourth-order valence-corrected chi connectivity index (χ4v) is 1.96. The van der Waals surface area contributed by atoms with Crippen LogP contribution in [0, 0.1) is 0 Å². The Hall–Kier alpha value is -1.83. The maximum Gasteiger partial charge on any atom is 0.417 e. The van der Waals surface area contributed by atoms with Gasteiger partial charge in [0.25, 0.3) is 0 Å². The topological polar surface area (TPSA) is 71.2 Å². The highest BCUT2D eigenvalue weighted by molar-refractivity contribution is 5.83. The van der Waals surface area contributed by atoms with Crippen LogP contribution in [0.25, 0.3) is 0 Å². The number of alkyl halides is 3. The van der Waals surface area contributed by atoms with Crippen molar-refractivity contribution < 1.29 is 18.0 Å². The second-order valence-corrected chi connectivity index (χ2v) is 4.22. The van der Waals surface area contributed by atoms with Crippen molar-refractivity contribution in [3.05, 3.63) is 23.9 Å². The van der Waals surface area contributed by atoms with E-state index in [1.54, 1.807) is 4.90 Å². The van der Waals surface area contributed by atoms with Crippen molar-refractivity contribution in [1.82, 2.24) is 10.3 Å². The standard InChI is InChI=1S/C11H13F3N4O/c12-11(13,14)7-1-2-9(17-5-7)18-4-3-16-6-8(18)10(15)19/h1-2,5,8,16H,3-4,6H2,(H2,15,19). The van der Waals surface area contributed by atoms with Gasteiger partial charge < -0.3 is 16.0 Å². The van der Waals surface area contributed by atoms with Crippen molar-refractivity contribution in [2.75, 3.05) is 24.5 Å². The minimum atomic E-state index is -4.42. The summed E-state index contributed by atoms with van der Waals surface area (Å²) in [6.45, 7) is 1.44. The maximum absolute atomic E-state index is 12.4. The summed E-state index contributed by atoms with van der Waals surface area (Å²) in [5, 5.41) is 3.00. The molecule has 1 saturated heterocycles. The SMILES string of the molecule is NC(=O)C1CNCCN1c1ccc(C(F)(F)F)cn1. The van der Waals surface area contributed by atoms with Gasteiger partial charge in [-0.2, -0.15) is 13.2 Å². The molecule has 1 aliphatic rings. The molecule has 1 aromatic rings. The third-order valence-electron chi connectivity index (χ3n) is 2.94. The van der Waals surface area contributed by atoms with Crippen molar-refractivity contribution in [3.63, 3.8) is 0 Å². The molecule has 8 heteroatoms. The van der Waals surface area contributed by atoms with Crippen LogP contribution in [-0.2, 0) is 11.0 Å². The molecule has 104 valence electrons. The number of rotatable bonds is 2. The lowest BCUT2D eigenvalue weighted by Gasteiger charge is -2.35. The summed E-state index contributed by atoms with van der Waals surface area (Å²) >= 11 is 0. The predicted molar refractivity (Wildman–Crippen MR) is 62.4 cm³/mol. The van der Waals surface area contributed by atoms with Gasteiger partial charge in [-0.25, -0.2) is 4.98 Å². The number of amides is 1. The number of anilines is 1. The summed E-state index contributed by atoms with van der Waals surface area (Å²) in [4.78, 5) is 16.7. The van der Waals surface area contributed by atoms with E-state index in [2.05, 4.69) is 10.3 Å². The van der Waals surface area contributed by atoms with E-state index in [4.69, 9.17) is 5.73 Å². The molecule has 0 aliphatic carbocycles. The number of halogens is 3. The molecule has 0 spiro atoms. The number of carbonyl (C=O) groups excluding carboxylic acids is 1. The highest BCUT2D eigenvalue weighted by atomic mass is 19.4. The van der Waals surface area contributed by atoms with Gasteiger partial charge in [0.05, 0.1) is 5.56 Å². The number of carbonyl (C=O) groups is 1. The lowest BCUT2D eigenvalue weighted by atomic mass is 10.1. The smallest absolute Gasteiger partial charge is 0.368 e. The van der Waals surface area contributed by atoms with E-state index >= 15 is 0 Å². The van der Waals surface area contributed by atoms with Gasteiger partial charge in [0.1, 0.15) is 11.9 Å². The molecule has 1 aliphatic heterocycles. The van der Waals surface area contributed by atoms with E-state index in [9.17, 15) is 18.0 Å². The minimum absolute atomic E-state index is 0.318. The third kappa shape index (κ3) is 2.95. The van der Waals surface area contributed by atoms with E-state index in [1.165, 1.54) is 6.07 Å². The van der Waals surface area contributed by atoms with Gasteiger partial charge in [0.2, 0.25) is 5.91 Å². The summed E-state index contributed by atoms with van der Waals surface area (Å²) in [7, 11) is 0. The van der Waals surface area contributed by atoms with E-state index in [-0.39, 0.29) is 0 Å². The maximum atomic E-state index is 12.4. The second-order valence-electron chi connectivity index (χ2n) is 4.22. The summed E-state index contributed by atoms with van der Waals surface area (Å²) in [6, 6.07) is 1.60. The van der Waals surface area contributed by atoms with Crippen LogP contribution in [0.3, 0.4) is 0 Å². The number of nitrogens with two attached hydrogens (primary N) is 1. The quantitative estimate of drug-likeness (QED) is 0.817. The Balaban J connectivity index is 2.23. The zero-order valence-corrected chi connectivity index (χ0v) is 9.94. The minimum Gasteiger partial charge on any atom is -0.368 e. The number of primary amides is 1. The van der Waals surface area contributed by atoms with Crippen LogP contribution in [0.1, 0.15) is 5.56 Å². The normalized spacial score (nSPS) is 20.4. The fraction of sp³-hybridized carbons (Fsp3) is 0.455. The Morgan fingerprint density at radius 2 is 2.21 bits per heavy atom. The van der Waals surface area contributed by atoms with Crippen LogP contribution in [0.15, 0.2) is 18.3 Å². The molecule has 19 heavy (non-hydrogen) atoms. The third-order valence-corrected chi connectivity index (χ3v) is 2.94. The van der Waals surface area contributed by atoms with Crippen molar-refractivity contribution in [2.24, 2.45) is 5.73 Å². The summed E-state index contributed by atoms with van der Waals surface area (Å²) in [5.74, 6) is -0.216. The van der Waals surface area contributed by atoms with Crippen molar-refractivity contribution in [2.45, 2.75) is 12.2 Å². The van der Waals surface area contributed by atoms with Crippen molar-refractivity contribution in [1.29, 1.82) is 0 Å². The molecule has 0 radical (unpaired) electrons. The van der Waals surface area contributed by atoms with E-state index in [1.807, 2.05) is 0 Å². The number of nitrogens with one attached hydrogen (secondary N) is 1. The highest BCUT2D eigenvalue weighted by Crippen LogP contribution is 2.29. The molecule has 2 heterocycles. The van der Waals surface area contributed by atoms with E-state index in [0.29, 0.717) is 25.5 Å². The molecule has 1 aromatic heterocycles. The van der Waals surface area contributed by atoms with Gasteiger partial charge in [-0.3, -0.25) is 4.79 Å². The lowest BCUT2D eigenvalue weighted by Crippen LogP contribution is -2.57. The molecule has 0 aromatic carbocycles. The number of hydrogen-bond acceptors (Lipinski definition) is 4. The first-order chi connectivity index (χ1) is 8.89. The number of aromatic nitrogens is 1. The zero-order chi connectivity index (χ0) is 14.0.